The number of piperidine rings is 1. The minimum absolute atomic E-state index is 0.303. The number of hydrogen-bond acceptors (Lipinski definition) is 5. The summed E-state index contributed by atoms with van der Waals surface area (Å²) in [6, 6.07) is 22.7. The Balaban J connectivity index is 1.30. The number of rotatable bonds is 5. The van der Waals surface area contributed by atoms with Crippen molar-refractivity contribution in [1.29, 1.82) is 0 Å². The highest BCUT2D eigenvalue weighted by Crippen LogP contribution is 2.22. The number of carbonyl (C=O) groups is 2. The quantitative estimate of drug-likeness (QED) is 0.411. The van der Waals surface area contributed by atoms with Crippen molar-refractivity contribution in [3.05, 3.63) is 78.4 Å². The standard InChI is InChI=1S/C25H24N6O3/c32-23(27-21-10-4-5-16-30(21)25(33)34)18-12-14-19(15-13-18)26-24-28-22-11-6-9-20(31(22)29-24)17-7-2-1-3-8-17/h1-3,6-9,11-15,21H,4-5,10,16H2,(H,26,29)(H,27,32)(H,33,34). The molecule has 0 bridgehead atoms. The summed E-state index contributed by atoms with van der Waals surface area (Å²) >= 11 is 0. The molecule has 2 aromatic carbocycles. The minimum atomic E-state index is -1.01. The number of nitrogens with one attached hydrogen (secondary N) is 2. The number of nitrogens with zero attached hydrogens (tertiary/aromatic N) is 4. The number of hydrogen-bond donors (Lipinski definition) is 3. The van der Waals surface area contributed by atoms with Crippen molar-refractivity contribution in [2.24, 2.45) is 0 Å². The van der Waals surface area contributed by atoms with Gasteiger partial charge in [0.05, 0.1) is 5.69 Å². The van der Waals surface area contributed by atoms with Gasteiger partial charge in [0, 0.05) is 23.4 Å². The van der Waals surface area contributed by atoms with Crippen molar-refractivity contribution < 1.29 is 14.7 Å². The highest BCUT2D eigenvalue weighted by atomic mass is 16.4. The van der Waals surface area contributed by atoms with Crippen LogP contribution in [-0.2, 0) is 0 Å². The van der Waals surface area contributed by atoms with E-state index in [4.69, 9.17) is 0 Å². The van der Waals surface area contributed by atoms with Crippen LogP contribution in [0, 0.1) is 0 Å². The lowest BCUT2D eigenvalue weighted by atomic mass is 10.1. The molecular formula is C25H24N6O3. The van der Waals surface area contributed by atoms with Gasteiger partial charge >= 0.3 is 6.09 Å². The van der Waals surface area contributed by atoms with E-state index < -0.39 is 12.3 Å². The number of likely N-dealkylation sites (tertiary alicyclic amines) is 1. The number of pyridine rings is 1. The Morgan fingerprint density at radius 2 is 1.74 bits per heavy atom. The summed E-state index contributed by atoms with van der Waals surface area (Å²) in [6.07, 6.45) is 0.790. The van der Waals surface area contributed by atoms with Crippen molar-refractivity contribution in [2.45, 2.75) is 25.4 Å². The normalized spacial score (nSPS) is 15.8. The van der Waals surface area contributed by atoms with Crippen LogP contribution in [0.2, 0.25) is 0 Å². The van der Waals surface area contributed by atoms with Crippen molar-refractivity contribution in [1.82, 2.24) is 24.8 Å². The molecule has 1 atom stereocenters. The summed E-state index contributed by atoms with van der Waals surface area (Å²) in [7, 11) is 0. The molecule has 0 saturated carbocycles. The molecule has 172 valence electrons. The lowest BCUT2D eigenvalue weighted by Gasteiger charge is -2.33. The van der Waals surface area contributed by atoms with E-state index in [1.54, 1.807) is 28.8 Å². The van der Waals surface area contributed by atoms with E-state index >= 15 is 0 Å². The van der Waals surface area contributed by atoms with E-state index in [2.05, 4.69) is 20.7 Å². The molecule has 3 heterocycles. The van der Waals surface area contributed by atoms with Gasteiger partial charge in [0.1, 0.15) is 6.17 Å². The van der Waals surface area contributed by atoms with E-state index in [0.29, 0.717) is 24.5 Å². The average Bonchev–Trinajstić information content (AvgIpc) is 3.27. The number of carbonyl (C=O) groups excluding carboxylic acids is 1. The van der Waals surface area contributed by atoms with Crippen LogP contribution in [0.4, 0.5) is 16.4 Å². The molecule has 0 radical (unpaired) electrons. The second-order valence-electron chi connectivity index (χ2n) is 8.15. The molecule has 34 heavy (non-hydrogen) atoms. The van der Waals surface area contributed by atoms with E-state index in [0.717, 1.165) is 35.4 Å². The molecule has 3 N–H and O–H groups in total. The van der Waals surface area contributed by atoms with E-state index in [9.17, 15) is 14.7 Å². The average molecular weight is 457 g/mol. The molecule has 2 amide bonds. The molecule has 2 aromatic heterocycles. The van der Waals surface area contributed by atoms with Gasteiger partial charge < -0.3 is 15.7 Å². The van der Waals surface area contributed by atoms with Gasteiger partial charge in [-0.25, -0.2) is 9.31 Å². The van der Waals surface area contributed by atoms with Gasteiger partial charge in [0.15, 0.2) is 5.65 Å². The predicted molar refractivity (Wildman–Crippen MR) is 128 cm³/mol. The zero-order valence-electron chi connectivity index (χ0n) is 18.4. The van der Waals surface area contributed by atoms with Gasteiger partial charge in [0.2, 0.25) is 5.95 Å². The smallest absolute Gasteiger partial charge is 0.408 e. The highest BCUT2D eigenvalue weighted by Gasteiger charge is 2.27. The second-order valence-corrected chi connectivity index (χ2v) is 8.15. The molecule has 1 unspecified atom stereocenters. The van der Waals surface area contributed by atoms with Crippen molar-refractivity contribution >= 4 is 29.3 Å². The maximum atomic E-state index is 12.7. The number of aromatic nitrogens is 3. The van der Waals surface area contributed by atoms with Gasteiger partial charge in [-0.2, -0.15) is 4.98 Å². The fraction of sp³-hybridized carbons (Fsp3) is 0.200. The predicted octanol–water partition coefficient (Wildman–Crippen LogP) is 4.36. The number of anilines is 2. The Hall–Kier alpha value is -4.40. The minimum Gasteiger partial charge on any atom is -0.465 e. The molecule has 1 fully saturated rings. The van der Waals surface area contributed by atoms with Crippen LogP contribution >= 0.6 is 0 Å². The van der Waals surface area contributed by atoms with Crippen molar-refractivity contribution in [2.75, 3.05) is 11.9 Å². The topological polar surface area (TPSA) is 112 Å². The summed E-state index contributed by atoms with van der Waals surface area (Å²) in [5, 5.41) is 20.0. The third-order valence-electron chi connectivity index (χ3n) is 5.88. The fourth-order valence-electron chi connectivity index (χ4n) is 4.16. The first-order valence-corrected chi connectivity index (χ1v) is 11.2. The van der Waals surface area contributed by atoms with Crippen LogP contribution in [0.1, 0.15) is 29.6 Å². The number of amides is 2. The summed E-state index contributed by atoms with van der Waals surface area (Å²) in [5.74, 6) is 0.142. The monoisotopic (exact) mass is 456 g/mol. The second kappa shape index (κ2) is 9.22. The van der Waals surface area contributed by atoms with E-state index in [1.807, 2.05) is 48.5 Å². The summed E-state index contributed by atoms with van der Waals surface area (Å²) in [4.78, 5) is 29.9. The van der Waals surface area contributed by atoms with Crippen LogP contribution < -0.4 is 10.6 Å². The van der Waals surface area contributed by atoms with Crippen LogP contribution in [0.25, 0.3) is 16.9 Å². The van der Waals surface area contributed by atoms with Crippen LogP contribution in [0.15, 0.2) is 72.8 Å². The van der Waals surface area contributed by atoms with Crippen LogP contribution in [0.3, 0.4) is 0 Å². The molecule has 1 saturated heterocycles. The number of carboxylic acid groups (broad SMARTS) is 1. The molecule has 9 nitrogen and oxygen atoms in total. The largest absolute Gasteiger partial charge is 0.465 e. The lowest BCUT2D eigenvalue weighted by molar-refractivity contribution is 0.0746. The van der Waals surface area contributed by atoms with Crippen molar-refractivity contribution in [3.8, 4) is 11.3 Å². The van der Waals surface area contributed by atoms with Crippen molar-refractivity contribution in [3.63, 3.8) is 0 Å². The van der Waals surface area contributed by atoms with Gasteiger partial charge in [-0.3, -0.25) is 9.69 Å². The third kappa shape index (κ3) is 4.40. The summed E-state index contributed by atoms with van der Waals surface area (Å²) in [6.45, 7) is 0.432. The molecule has 9 heteroatoms. The van der Waals surface area contributed by atoms with Crippen LogP contribution in [-0.4, -0.2) is 49.3 Å². The molecule has 1 aliphatic rings. The fourth-order valence-corrected chi connectivity index (χ4v) is 4.16. The first-order valence-electron chi connectivity index (χ1n) is 11.2. The number of benzene rings is 2. The maximum absolute atomic E-state index is 12.7. The van der Waals surface area contributed by atoms with E-state index in [-0.39, 0.29) is 5.91 Å². The zero-order chi connectivity index (χ0) is 23.5. The van der Waals surface area contributed by atoms with Gasteiger partial charge in [-0.05, 0) is 55.7 Å². The first-order chi connectivity index (χ1) is 16.6. The van der Waals surface area contributed by atoms with Crippen LogP contribution in [0.5, 0.6) is 0 Å². The lowest BCUT2D eigenvalue weighted by Crippen LogP contribution is -2.52. The Morgan fingerprint density at radius 3 is 2.50 bits per heavy atom. The molecule has 1 aliphatic heterocycles. The Bertz CT molecular complexity index is 1320. The molecular weight excluding hydrogens is 432 g/mol. The van der Waals surface area contributed by atoms with Gasteiger partial charge in [0.25, 0.3) is 5.91 Å². The maximum Gasteiger partial charge on any atom is 0.408 e. The molecule has 0 spiro atoms. The first kappa shape index (κ1) is 21.4. The Kier molecular flexibility index (Phi) is 5.82. The number of fused-ring (bicyclic) bond motifs is 1. The molecule has 0 aliphatic carbocycles. The summed E-state index contributed by atoms with van der Waals surface area (Å²) in [5.41, 5.74) is 3.88. The Labute approximate surface area is 196 Å². The third-order valence-corrected chi connectivity index (χ3v) is 5.88. The van der Waals surface area contributed by atoms with Gasteiger partial charge in [-0.15, -0.1) is 5.10 Å². The molecule has 5 rings (SSSR count). The highest BCUT2D eigenvalue weighted by molar-refractivity contribution is 5.95. The zero-order valence-corrected chi connectivity index (χ0v) is 18.4. The molecule has 4 aromatic rings. The van der Waals surface area contributed by atoms with Gasteiger partial charge in [-0.1, -0.05) is 36.4 Å². The SMILES string of the molecule is O=C(NC1CCCCN1C(=O)O)c1ccc(Nc2nc3cccc(-c4ccccc4)n3n2)cc1. The summed E-state index contributed by atoms with van der Waals surface area (Å²) < 4.78 is 1.79. The van der Waals surface area contributed by atoms with E-state index in [1.165, 1.54) is 4.90 Å². The Morgan fingerprint density at radius 1 is 0.941 bits per heavy atom.